The highest BCUT2D eigenvalue weighted by Crippen LogP contribution is 2.27. The summed E-state index contributed by atoms with van der Waals surface area (Å²) in [7, 11) is 0. The van der Waals surface area contributed by atoms with E-state index in [1.807, 2.05) is 0 Å². The van der Waals surface area contributed by atoms with Crippen molar-refractivity contribution in [3.8, 4) is 0 Å². The first-order chi connectivity index (χ1) is 5.52. The molecule has 1 aromatic carbocycles. The van der Waals surface area contributed by atoms with Crippen LogP contribution in [0, 0.1) is 0 Å². The second kappa shape index (κ2) is 3.33. The third kappa shape index (κ3) is 1.71. The van der Waals surface area contributed by atoms with Gasteiger partial charge in [0.25, 0.3) is 0 Å². The number of hydrogen-bond acceptors (Lipinski definition) is 2. The van der Waals surface area contributed by atoms with E-state index in [0.717, 1.165) is 0 Å². The Bertz CT molecular complexity index is 336. The number of ketones is 1. The van der Waals surface area contributed by atoms with E-state index in [-0.39, 0.29) is 10.8 Å². The summed E-state index contributed by atoms with van der Waals surface area (Å²) in [6, 6.07) is 3.01. The zero-order valence-electron chi connectivity index (χ0n) is 6.40. The Kier molecular flexibility index (Phi) is 2.60. The van der Waals surface area contributed by atoms with E-state index in [0.29, 0.717) is 16.3 Å². The summed E-state index contributed by atoms with van der Waals surface area (Å²) in [6.45, 7) is 1.41. The largest absolute Gasteiger partial charge is 0.397 e. The maximum absolute atomic E-state index is 11.0. The molecule has 0 saturated carbocycles. The Morgan fingerprint density at radius 2 is 2.00 bits per heavy atom. The first-order valence-electron chi connectivity index (χ1n) is 3.28. The van der Waals surface area contributed by atoms with Crippen LogP contribution in [-0.4, -0.2) is 5.78 Å². The Morgan fingerprint density at radius 3 is 2.50 bits per heavy atom. The fourth-order valence-corrected chi connectivity index (χ4v) is 1.34. The van der Waals surface area contributed by atoms with Crippen LogP contribution in [0.5, 0.6) is 0 Å². The molecule has 0 spiro atoms. The van der Waals surface area contributed by atoms with Gasteiger partial charge in [0.05, 0.1) is 10.7 Å². The molecule has 0 fully saturated rings. The molecule has 12 heavy (non-hydrogen) atoms. The van der Waals surface area contributed by atoms with Gasteiger partial charge in [0.2, 0.25) is 0 Å². The molecule has 0 aliphatic heterocycles. The summed E-state index contributed by atoms with van der Waals surface area (Å²) in [6.07, 6.45) is 0. The van der Waals surface area contributed by atoms with Crippen LogP contribution in [-0.2, 0) is 0 Å². The van der Waals surface area contributed by atoms with E-state index in [1.54, 1.807) is 0 Å². The van der Waals surface area contributed by atoms with Crippen molar-refractivity contribution in [3.05, 3.63) is 27.7 Å². The number of carbonyl (C=O) groups excluding carboxylic acids is 1. The number of carbonyl (C=O) groups is 1. The van der Waals surface area contributed by atoms with Gasteiger partial charge >= 0.3 is 0 Å². The van der Waals surface area contributed by atoms with Crippen molar-refractivity contribution < 1.29 is 4.79 Å². The molecule has 1 aromatic rings. The molecule has 0 amide bonds. The summed E-state index contributed by atoms with van der Waals surface area (Å²) in [5, 5.41) is 0.689. The molecule has 0 saturated heterocycles. The number of benzene rings is 1. The zero-order chi connectivity index (χ0) is 9.30. The van der Waals surface area contributed by atoms with E-state index in [9.17, 15) is 4.79 Å². The van der Waals surface area contributed by atoms with Gasteiger partial charge in [-0.15, -0.1) is 0 Å². The smallest absolute Gasteiger partial charge is 0.161 e. The van der Waals surface area contributed by atoms with Crippen LogP contribution in [0.15, 0.2) is 12.1 Å². The van der Waals surface area contributed by atoms with Crippen LogP contribution < -0.4 is 5.73 Å². The van der Waals surface area contributed by atoms with Gasteiger partial charge in [-0.2, -0.15) is 0 Å². The van der Waals surface area contributed by atoms with Crippen molar-refractivity contribution in [2.24, 2.45) is 0 Å². The fraction of sp³-hybridized carbons (Fsp3) is 0.125. The van der Waals surface area contributed by atoms with Gasteiger partial charge in [-0.05, 0) is 19.1 Å². The standard InChI is InChI=1S/C8H7Cl2NO/c1-4(12)6-2-5(9)3-7(11)8(6)10/h2-3H,11H2,1H3. The molecule has 0 aliphatic carbocycles. The molecule has 0 heterocycles. The third-order valence-electron chi connectivity index (χ3n) is 1.44. The summed E-state index contributed by atoms with van der Waals surface area (Å²) in [4.78, 5) is 11.0. The highest BCUT2D eigenvalue weighted by Gasteiger charge is 2.09. The quantitative estimate of drug-likeness (QED) is 0.564. The predicted molar refractivity (Wildman–Crippen MR) is 50.9 cm³/mol. The van der Waals surface area contributed by atoms with Gasteiger partial charge in [0.1, 0.15) is 0 Å². The number of Topliss-reactive ketones (excluding diaryl/α,β-unsaturated/α-hetero) is 1. The average Bonchev–Trinajstić information content (AvgIpc) is 1.96. The second-order valence-corrected chi connectivity index (χ2v) is 3.23. The number of halogens is 2. The van der Waals surface area contributed by atoms with Crippen molar-refractivity contribution >= 4 is 34.7 Å². The van der Waals surface area contributed by atoms with Crippen LogP contribution in [0.2, 0.25) is 10.0 Å². The second-order valence-electron chi connectivity index (χ2n) is 2.41. The van der Waals surface area contributed by atoms with Crippen LogP contribution >= 0.6 is 23.2 Å². The van der Waals surface area contributed by atoms with E-state index in [2.05, 4.69) is 0 Å². The lowest BCUT2D eigenvalue weighted by Gasteiger charge is -2.03. The Balaban J connectivity index is 3.37. The van der Waals surface area contributed by atoms with E-state index in [1.165, 1.54) is 19.1 Å². The lowest BCUT2D eigenvalue weighted by atomic mass is 10.1. The van der Waals surface area contributed by atoms with Gasteiger partial charge in [0, 0.05) is 10.6 Å². The highest BCUT2D eigenvalue weighted by atomic mass is 35.5. The monoisotopic (exact) mass is 203 g/mol. The van der Waals surface area contributed by atoms with Crippen molar-refractivity contribution in [1.29, 1.82) is 0 Å². The number of anilines is 1. The van der Waals surface area contributed by atoms with Gasteiger partial charge in [-0.1, -0.05) is 23.2 Å². The van der Waals surface area contributed by atoms with E-state index < -0.39 is 0 Å². The molecule has 0 aliphatic rings. The SMILES string of the molecule is CC(=O)c1cc(Cl)cc(N)c1Cl. The molecule has 64 valence electrons. The maximum Gasteiger partial charge on any atom is 0.161 e. The summed E-state index contributed by atoms with van der Waals surface area (Å²) >= 11 is 11.4. The van der Waals surface area contributed by atoms with Gasteiger partial charge in [-0.25, -0.2) is 0 Å². The predicted octanol–water partition coefficient (Wildman–Crippen LogP) is 2.78. The van der Waals surface area contributed by atoms with Gasteiger partial charge < -0.3 is 5.73 Å². The summed E-state index contributed by atoms with van der Waals surface area (Å²) in [5.41, 5.74) is 6.18. The maximum atomic E-state index is 11.0. The Morgan fingerprint density at radius 1 is 1.42 bits per heavy atom. The molecule has 0 atom stereocenters. The molecule has 2 nitrogen and oxygen atoms in total. The number of hydrogen-bond donors (Lipinski definition) is 1. The molecular formula is C8H7Cl2NO. The van der Waals surface area contributed by atoms with Crippen LogP contribution in [0.1, 0.15) is 17.3 Å². The summed E-state index contributed by atoms with van der Waals surface area (Å²) < 4.78 is 0. The molecule has 0 aromatic heterocycles. The van der Waals surface area contributed by atoms with E-state index in [4.69, 9.17) is 28.9 Å². The van der Waals surface area contributed by atoms with Crippen molar-refractivity contribution in [1.82, 2.24) is 0 Å². The van der Waals surface area contributed by atoms with Crippen molar-refractivity contribution in [3.63, 3.8) is 0 Å². The minimum atomic E-state index is -0.144. The minimum Gasteiger partial charge on any atom is -0.397 e. The van der Waals surface area contributed by atoms with E-state index >= 15 is 0 Å². The van der Waals surface area contributed by atoms with Crippen LogP contribution in [0.3, 0.4) is 0 Å². The fourth-order valence-electron chi connectivity index (χ4n) is 0.867. The number of nitrogens with two attached hydrogens (primary N) is 1. The minimum absolute atomic E-state index is 0.144. The summed E-state index contributed by atoms with van der Waals surface area (Å²) in [5.74, 6) is -0.144. The first-order valence-corrected chi connectivity index (χ1v) is 4.03. The van der Waals surface area contributed by atoms with Gasteiger partial charge in [-0.3, -0.25) is 4.79 Å². The zero-order valence-corrected chi connectivity index (χ0v) is 7.91. The molecular weight excluding hydrogens is 197 g/mol. The van der Waals surface area contributed by atoms with Crippen molar-refractivity contribution in [2.45, 2.75) is 6.92 Å². The molecule has 2 N–H and O–H groups in total. The molecule has 1 rings (SSSR count). The number of rotatable bonds is 1. The molecule has 0 bridgehead atoms. The van der Waals surface area contributed by atoms with Crippen LogP contribution in [0.4, 0.5) is 5.69 Å². The highest BCUT2D eigenvalue weighted by molar-refractivity contribution is 6.38. The topological polar surface area (TPSA) is 43.1 Å². The third-order valence-corrected chi connectivity index (χ3v) is 2.08. The molecule has 0 radical (unpaired) electrons. The molecule has 4 heteroatoms. The Hall–Kier alpha value is -0.730. The van der Waals surface area contributed by atoms with Crippen molar-refractivity contribution in [2.75, 3.05) is 5.73 Å². The van der Waals surface area contributed by atoms with Crippen LogP contribution in [0.25, 0.3) is 0 Å². The first kappa shape index (κ1) is 9.36. The lowest BCUT2D eigenvalue weighted by molar-refractivity contribution is 0.101. The normalized spacial score (nSPS) is 9.92. The van der Waals surface area contributed by atoms with Gasteiger partial charge in [0.15, 0.2) is 5.78 Å². The average molecular weight is 204 g/mol. The Labute approximate surface area is 80.3 Å². The number of nitrogen functional groups attached to an aromatic ring is 1. The lowest BCUT2D eigenvalue weighted by Crippen LogP contribution is -1.97. The molecule has 0 unspecified atom stereocenters.